The number of nitrogens with one attached hydrogen (secondary N) is 2. The highest BCUT2D eigenvalue weighted by molar-refractivity contribution is 7.92. The quantitative estimate of drug-likeness (QED) is 0.207. The first-order chi connectivity index (χ1) is 21.3. The van der Waals surface area contributed by atoms with Crippen LogP contribution in [0.4, 0.5) is 5.69 Å². The summed E-state index contributed by atoms with van der Waals surface area (Å²) in [7, 11) is -8.04. The number of carbonyl (C=O) groups excluding carboxylic acids is 2. The molecule has 45 heavy (non-hydrogen) atoms. The lowest BCUT2D eigenvalue weighted by Gasteiger charge is -2.31. The maximum atomic E-state index is 13.4. The van der Waals surface area contributed by atoms with E-state index in [0.29, 0.717) is 18.4 Å². The molecule has 3 N–H and O–H groups in total. The summed E-state index contributed by atoms with van der Waals surface area (Å²) in [6.45, 7) is 1.51. The van der Waals surface area contributed by atoms with Crippen molar-refractivity contribution >= 4 is 60.7 Å². The second-order valence-corrected chi connectivity index (χ2v) is 15.2. The van der Waals surface area contributed by atoms with E-state index in [1.54, 1.807) is 37.3 Å². The Kier molecular flexibility index (Phi) is 9.62. The smallest absolute Gasteiger partial charge is 0.339 e. The second-order valence-electron chi connectivity index (χ2n) is 10.9. The molecule has 10 nitrogen and oxygen atoms in total. The van der Waals surface area contributed by atoms with E-state index in [1.165, 1.54) is 42.5 Å². The predicted octanol–water partition coefficient (Wildman–Crippen LogP) is 5.60. The van der Waals surface area contributed by atoms with Gasteiger partial charge in [0.15, 0.2) is 11.9 Å². The number of hydrogen-bond acceptors (Lipinski definition) is 8. The highest BCUT2D eigenvalue weighted by atomic mass is 35.5. The lowest BCUT2D eigenvalue weighted by Crippen LogP contribution is -2.45. The van der Waals surface area contributed by atoms with Crippen molar-refractivity contribution < 1.29 is 36.3 Å². The summed E-state index contributed by atoms with van der Waals surface area (Å²) in [4.78, 5) is 26.7. The minimum Gasteiger partial charge on any atom is -0.504 e. The predicted molar refractivity (Wildman–Crippen MR) is 169 cm³/mol. The summed E-state index contributed by atoms with van der Waals surface area (Å²) < 4.78 is 62.2. The third-order valence-electron chi connectivity index (χ3n) is 7.83. The Balaban J connectivity index is 1.40. The number of aliphatic hydroxyl groups excluding tert-OH is 1. The fourth-order valence-corrected chi connectivity index (χ4v) is 8.27. The molecule has 0 radical (unpaired) electrons. The maximum Gasteiger partial charge on any atom is 0.339 e. The van der Waals surface area contributed by atoms with Crippen LogP contribution in [0.3, 0.4) is 0 Å². The molecule has 1 saturated carbocycles. The molecular weight excluding hydrogens is 663 g/mol. The summed E-state index contributed by atoms with van der Waals surface area (Å²) in [6, 6.07) is 18.1. The van der Waals surface area contributed by atoms with Gasteiger partial charge in [-0.3, -0.25) is 9.52 Å². The van der Waals surface area contributed by atoms with Crippen LogP contribution in [0.2, 0.25) is 10.0 Å². The minimum atomic E-state index is -4.14. The van der Waals surface area contributed by atoms with Gasteiger partial charge < -0.3 is 9.84 Å². The van der Waals surface area contributed by atoms with Gasteiger partial charge in [-0.15, -0.1) is 0 Å². The number of carbonyl (C=O) groups is 2. The number of hydrogen-bond donors (Lipinski definition) is 3. The number of esters is 1. The Bertz CT molecular complexity index is 1880. The van der Waals surface area contributed by atoms with Gasteiger partial charge >= 0.3 is 5.97 Å². The number of sulfonamides is 2. The SMILES string of the molecule is CCC(CNS(=O)(=O)c1ccccc1)C1OC(=O)C(C(c2cccc(NS(=O)(=O)c3cc(Cl)ccc3Cl)c2)C2CC2)=C(O)C1=O. The molecule has 1 aliphatic heterocycles. The Morgan fingerprint density at radius 2 is 1.64 bits per heavy atom. The van der Waals surface area contributed by atoms with Gasteiger partial charge in [-0.1, -0.05) is 60.5 Å². The van der Waals surface area contributed by atoms with Crippen LogP contribution in [-0.2, 0) is 34.4 Å². The van der Waals surface area contributed by atoms with Gasteiger partial charge in [0, 0.05) is 29.1 Å². The van der Waals surface area contributed by atoms with Crippen molar-refractivity contribution in [2.45, 2.75) is 48.0 Å². The number of anilines is 1. The van der Waals surface area contributed by atoms with E-state index >= 15 is 0 Å². The van der Waals surface area contributed by atoms with E-state index in [9.17, 15) is 31.5 Å². The van der Waals surface area contributed by atoms with Crippen LogP contribution in [0.1, 0.15) is 37.7 Å². The lowest BCUT2D eigenvalue weighted by atomic mass is 9.82. The molecule has 5 rings (SSSR count). The maximum absolute atomic E-state index is 13.4. The van der Waals surface area contributed by atoms with Gasteiger partial charge in [0.2, 0.25) is 15.8 Å². The second kappa shape index (κ2) is 13.1. The molecule has 1 heterocycles. The number of ketones is 1. The third kappa shape index (κ3) is 7.20. The molecule has 3 aromatic rings. The van der Waals surface area contributed by atoms with Crippen molar-refractivity contribution in [1.82, 2.24) is 4.72 Å². The lowest BCUT2D eigenvalue weighted by molar-refractivity contribution is -0.158. The fraction of sp³-hybridized carbons (Fsp3) is 0.290. The van der Waals surface area contributed by atoms with Crippen molar-refractivity contribution in [2.75, 3.05) is 11.3 Å². The van der Waals surface area contributed by atoms with Crippen molar-refractivity contribution in [3.05, 3.63) is 99.7 Å². The monoisotopic (exact) mass is 692 g/mol. The first-order valence-corrected chi connectivity index (χ1v) is 17.9. The summed E-state index contributed by atoms with van der Waals surface area (Å²) in [6.07, 6.45) is 0.290. The van der Waals surface area contributed by atoms with Gasteiger partial charge in [0.05, 0.1) is 15.5 Å². The molecule has 238 valence electrons. The Labute approximate surface area is 271 Å². The highest BCUT2D eigenvalue weighted by Gasteiger charge is 2.47. The highest BCUT2D eigenvalue weighted by Crippen LogP contribution is 2.49. The van der Waals surface area contributed by atoms with Crippen molar-refractivity contribution in [2.24, 2.45) is 11.8 Å². The molecule has 3 aromatic carbocycles. The molecule has 3 atom stereocenters. The average molecular weight is 694 g/mol. The zero-order valence-electron chi connectivity index (χ0n) is 23.9. The standard InChI is InChI=1S/C31H30Cl2N2O8S2/c1-2-18(17-34-44(39,40)23-9-4-3-5-10-23)30-29(37)28(36)27(31(38)43-30)26(19-11-12-19)20-7-6-8-22(15-20)35-45(41,42)25-16-21(32)13-14-24(25)33/h3-10,13-16,18-19,26,30,34-36H,2,11-12,17H2,1H3. The van der Waals surface area contributed by atoms with Crippen molar-refractivity contribution in [3.8, 4) is 0 Å². The number of benzene rings is 3. The van der Waals surface area contributed by atoms with Gasteiger partial charge in [0.25, 0.3) is 10.0 Å². The summed E-state index contributed by atoms with van der Waals surface area (Å²) in [5.74, 6) is -4.07. The number of aliphatic hydroxyl groups is 1. The molecule has 3 unspecified atom stereocenters. The van der Waals surface area contributed by atoms with Gasteiger partial charge in [-0.2, -0.15) is 0 Å². The van der Waals surface area contributed by atoms with Crippen LogP contribution in [0.25, 0.3) is 0 Å². The topological polar surface area (TPSA) is 156 Å². The van der Waals surface area contributed by atoms with E-state index in [-0.39, 0.29) is 50.0 Å². The zero-order valence-corrected chi connectivity index (χ0v) is 27.1. The molecule has 2 aliphatic rings. The number of cyclic esters (lactones) is 1. The van der Waals surface area contributed by atoms with E-state index in [2.05, 4.69) is 9.44 Å². The number of ether oxygens (including phenoxy) is 1. The molecular formula is C31H30Cl2N2O8S2. The molecule has 0 amide bonds. The van der Waals surface area contributed by atoms with Crippen LogP contribution in [0.5, 0.6) is 0 Å². The zero-order chi connectivity index (χ0) is 32.5. The van der Waals surface area contributed by atoms with E-state index in [4.69, 9.17) is 27.9 Å². The minimum absolute atomic E-state index is 0.0229. The van der Waals surface area contributed by atoms with Crippen LogP contribution >= 0.6 is 23.2 Å². The number of halogens is 2. The molecule has 1 aliphatic carbocycles. The molecule has 0 spiro atoms. The molecule has 1 fully saturated rings. The van der Waals surface area contributed by atoms with Crippen LogP contribution in [0, 0.1) is 11.8 Å². The summed E-state index contributed by atoms with van der Waals surface area (Å²) in [5.41, 5.74) is 0.443. The number of rotatable bonds is 12. The fourth-order valence-electron chi connectivity index (χ4n) is 5.34. The largest absolute Gasteiger partial charge is 0.504 e. The van der Waals surface area contributed by atoms with Crippen LogP contribution < -0.4 is 9.44 Å². The Hall–Kier alpha value is -3.42. The third-order valence-corrected chi connectivity index (χ3v) is 11.4. The molecule has 0 aromatic heterocycles. The average Bonchev–Trinajstić information content (AvgIpc) is 3.84. The Morgan fingerprint density at radius 1 is 0.933 bits per heavy atom. The molecule has 0 saturated heterocycles. The normalized spacial score (nSPS) is 18.8. The molecule has 14 heteroatoms. The van der Waals surface area contributed by atoms with E-state index in [0.717, 1.165) is 0 Å². The van der Waals surface area contributed by atoms with Crippen molar-refractivity contribution in [1.29, 1.82) is 0 Å². The van der Waals surface area contributed by atoms with Gasteiger partial charge in [0.1, 0.15) is 4.90 Å². The molecule has 0 bridgehead atoms. The van der Waals surface area contributed by atoms with Gasteiger partial charge in [-0.25, -0.2) is 26.4 Å². The van der Waals surface area contributed by atoms with Crippen molar-refractivity contribution in [3.63, 3.8) is 0 Å². The first kappa shape index (κ1) is 33.0. The van der Waals surface area contributed by atoms with E-state index in [1.807, 2.05) is 0 Å². The summed E-state index contributed by atoms with van der Waals surface area (Å²) in [5, 5.41) is 11.3. The first-order valence-electron chi connectivity index (χ1n) is 14.1. The Morgan fingerprint density at radius 3 is 2.31 bits per heavy atom. The van der Waals surface area contributed by atoms with Crippen LogP contribution in [-0.4, -0.2) is 46.3 Å². The number of Topliss-reactive ketones (excluding diaryl/α,β-unsaturated/α-hetero) is 1. The van der Waals surface area contributed by atoms with E-state index < -0.39 is 55.5 Å². The van der Waals surface area contributed by atoms with Gasteiger partial charge in [-0.05, 0) is 73.2 Å². The summed E-state index contributed by atoms with van der Waals surface area (Å²) >= 11 is 12.1. The van der Waals surface area contributed by atoms with Crippen LogP contribution in [0.15, 0.2) is 93.9 Å².